The van der Waals surface area contributed by atoms with E-state index >= 15 is 0 Å². The Bertz CT molecular complexity index is 600. The highest BCUT2D eigenvalue weighted by atomic mass is 16.5. The Hall–Kier alpha value is -2.08. The number of hydrogen-bond acceptors (Lipinski definition) is 4. The minimum absolute atomic E-state index is 0.114. The maximum Gasteiger partial charge on any atom is 0.256 e. The van der Waals surface area contributed by atoms with Crippen molar-refractivity contribution in [2.45, 2.75) is 18.5 Å². The second kappa shape index (κ2) is 5.04. The fourth-order valence-electron chi connectivity index (χ4n) is 2.97. The Morgan fingerprint density at radius 3 is 2.76 bits per heavy atom. The van der Waals surface area contributed by atoms with Crippen molar-refractivity contribution >= 4 is 17.5 Å². The molecule has 1 aromatic rings. The molecule has 2 heterocycles. The van der Waals surface area contributed by atoms with Crippen molar-refractivity contribution in [1.82, 2.24) is 9.80 Å². The van der Waals surface area contributed by atoms with Crippen LogP contribution in [0, 0.1) is 0 Å². The molecular formula is C15H19N3O3. The van der Waals surface area contributed by atoms with Crippen LogP contribution in [0.2, 0.25) is 0 Å². The molecule has 0 unspecified atom stereocenters. The summed E-state index contributed by atoms with van der Waals surface area (Å²) in [6.45, 7) is 0.570. The van der Waals surface area contributed by atoms with Crippen LogP contribution in [0.5, 0.6) is 5.75 Å². The van der Waals surface area contributed by atoms with E-state index in [0.717, 1.165) is 0 Å². The molecule has 6 nitrogen and oxygen atoms in total. The maximum atomic E-state index is 12.8. The minimum Gasteiger partial charge on any atom is -0.497 e. The number of rotatable bonds is 2. The number of likely N-dealkylation sites (N-methyl/N-ethyl adjacent to an activating group) is 1. The molecule has 2 aliphatic rings. The predicted molar refractivity (Wildman–Crippen MR) is 78.5 cm³/mol. The van der Waals surface area contributed by atoms with E-state index < -0.39 is 6.04 Å². The Kier molecular flexibility index (Phi) is 3.33. The van der Waals surface area contributed by atoms with E-state index in [9.17, 15) is 9.59 Å². The fraction of sp³-hybridized carbons (Fsp3) is 0.467. The van der Waals surface area contributed by atoms with E-state index in [0.29, 0.717) is 30.0 Å². The summed E-state index contributed by atoms with van der Waals surface area (Å²) < 4.78 is 5.18. The summed E-state index contributed by atoms with van der Waals surface area (Å²) in [5.74, 6) is 0.381. The second-order valence-electron chi connectivity index (χ2n) is 5.73. The SMILES string of the molecule is COc1ccc2c(c1)C(=O)N1C[C@H](N(C)C)C[C@H]1C(=O)N2. The Morgan fingerprint density at radius 1 is 1.33 bits per heavy atom. The summed E-state index contributed by atoms with van der Waals surface area (Å²) in [5, 5.41) is 2.86. The van der Waals surface area contributed by atoms with Crippen LogP contribution in [0.1, 0.15) is 16.8 Å². The highest BCUT2D eigenvalue weighted by Gasteiger charge is 2.43. The molecule has 0 spiro atoms. The zero-order valence-electron chi connectivity index (χ0n) is 12.4. The number of amides is 2. The highest BCUT2D eigenvalue weighted by molar-refractivity contribution is 6.10. The Labute approximate surface area is 123 Å². The van der Waals surface area contributed by atoms with Crippen LogP contribution in [0.4, 0.5) is 5.69 Å². The maximum absolute atomic E-state index is 12.8. The monoisotopic (exact) mass is 289 g/mol. The smallest absolute Gasteiger partial charge is 0.256 e. The average molecular weight is 289 g/mol. The second-order valence-corrected chi connectivity index (χ2v) is 5.73. The lowest BCUT2D eigenvalue weighted by Crippen LogP contribution is -2.40. The molecular weight excluding hydrogens is 270 g/mol. The van der Waals surface area contributed by atoms with Gasteiger partial charge in [0.05, 0.1) is 18.4 Å². The molecule has 21 heavy (non-hydrogen) atoms. The molecule has 1 aromatic carbocycles. The first-order valence-corrected chi connectivity index (χ1v) is 6.97. The molecule has 3 rings (SSSR count). The van der Waals surface area contributed by atoms with E-state index in [1.165, 1.54) is 0 Å². The molecule has 1 fully saturated rings. The van der Waals surface area contributed by atoms with Gasteiger partial charge in [0.15, 0.2) is 0 Å². The van der Waals surface area contributed by atoms with Crippen LogP contribution >= 0.6 is 0 Å². The molecule has 2 amide bonds. The molecule has 0 radical (unpaired) electrons. The third-order valence-corrected chi connectivity index (χ3v) is 4.29. The number of anilines is 1. The first-order valence-electron chi connectivity index (χ1n) is 6.97. The number of benzene rings is 1. The number of hydrogen-bond donors (Lipinski definition) is 1. The molecule has 2 aliphatic heterocycles. The van der Waals surface area contributed by atoms with Gasteiger partial charge in [-0.15, -0.1) is 0 Å². The molecule has 1 saturated heterocycles. The largest absolute Gasteiger partial charge is 0.497 e. The molecule has 0 saturated carbocycles. The molecule has 1 N–H and O–H groups in total. The van der Waals surface area contributed by atoms with E-state index in [-0.39, 0.29) is 17.9 Å². The molecule has 0 aliphatic carbocycles. The summed E-state index contributed by atoms with van der Waals surface area (Å²) in [6.07, 6.45) is 0.662. The fourth-order valence-corrected chi connectivity index (χ4v) is 2.97. The van der Waals surface area contributed by atoms with Crippen LogP contribution in [0.3, 0.4) is 0 Å². The zero-order valence-corrected chi connectivity index (χ0v) is 12.4. The molecule has 112 valence electrons. The summed E-state index contributed by atoms with van der Waals surface area (Å²) in [5.41, 5.74) is 1.05. The van der Waals surface area contributed by atoms with Gasteiger partial charge in [0.2, 0.25) is 5.91 Å². The zero-order chi connectivity index (χ0) is 15.1. The lowest BCUT2D eigenvalue weighted by atomic mass is 10.1. The van der Waals surface area contributed by atoms with Gasteiger partial charge in [-0.2, -0.15) is 0 Å². The van der Waals surface area contributed by atoms with Gasteiger partial charge in [0, 0.05) is 12.6 Å². The number of carbonyl (C=O) groups excluding carboxylic acids is 2. The number of nitrogens with one attached hydrogen (secondary N) is 1. The van der Waals surface area contributed by atoms with Crippen LogP contribution < -0.4 is 10.1 Å². The lowest BCUT2D eigenvalue weighted by Gasteiger charge is -2.21. The van der Waals surface area contributed by atoms with E-state index in [1.54, 1.807) is 30.2 Å². The van der Waals surface area contributed by atoms with Gasteiger partial charge in [-0.25, -0.2) is 0 Å². The van der Waals surface area contributed by atoms with Crippen molar-refractivity contribution in [2.75, 3.05) is 33.1 Å². The quantitative estimate of drug-likeness (QED) is 0.874. The lowest BCUT2D eigenvalue weighted by molar-refractivity contribution is -0.119. The van der Waals surface area contributed by atoms with E-state index in [1.807, 2.05) is 14.1 Å². The standard InChI is InChI=1S/C15H19N3O3/c1-17(2)9-6-13-14(19)16-12-5-4-10(21-3)7-11(12)15(20)18(13)8-9/h4-5,7,9,13H,6,8H2,1-3H3,(H,16,19)/t9-,13+/m1/s1. The van der Waals surface area contributed by atoms with Crippen molar-refractivity contribution < 1.29 is 14.3 Å². The van der Waals surface area contributed by atoms with E-state index in [2.05, 4.69) is 10.2 Å². The van der Waals surface area contributed by atoms with Gasteiger partial charge in [-0.1, -0.05) is 0 Å². The highest BCUT2D eigenvalue weighted by Crippen LogP contribution is 2.31. The molecule has 0 aromatic heterocycles. The van der Waals surface area contributed by atoms with Gasteiger partial charge >= 0.3 is 0 Å². The van der Waals surface area contributed by atoms with E-state index in [4.69, 9.17) is 4.74 Å². The number of fused-ring (bicyclic) bond motifs is 2. The Morgan fingerprint density at radius 2 is 2.10 bits per heavy atom. The number of methoxy groups -OCH3 is 1. The van der Waals surface area contributed by atoms with Crippen LogP contribution in [0.15, 0.2) is 18.2 Å². The number of ether oxygens (including phenoxy) is 1. The topological polar surface area (TPSA) is 61.9 Å². The van der Waals surface area contributed by atoms with Crippen LogP contribution in [0.25, 0.3) is 0 Å². The van der Waals surface area contributed by atoms with Gasteiger partial charge in [-0.05, 0) is 38.7 Å². The first kappa shape index (κ1) is 13.9. The third-order valence-electron chi connectivity index (χ3n) is 4.29. The van der Waals surface area contributed by atoms with Crippen molar-refractivity contribution in [3.63, 3.8) is 0 Å². The van der Waals surface area contributed by atoms with Gasteiger partial charge in [0.1, 0.15) is 11.8 Å². The third kappa shape index (κ3) is 2.25. The van der Waals surface area contributed by atoms with Gasteiger partial charge in [0.25, 0.3) is 5.91 Å². The summed E-state index contributed by atoms with van der Waals surface area (Å²) in [6, 6.07) is 4.95. The molecule has 0 bridgehead atoms. The first-order chi connectivity index (χ1) is 10.0. The summed E-state index contributed by atoms with van der Waals surface area (Å²) in [4.78, 5) is 28.9. The number of carbonyl (C=O) groups is 2. The van der Waals surface area contributed by atoms with Gasteiger partial charge < -0.3 is 19.9 Å². The normalized spacial score (nSPS) is 24.5. The van der Waals surface area contributed by atoms with Crippen LogP contribution in [-0.2, 0) is 4.79 Å². The predicted octanol–water partition coefficient (Wildman–Crippen LogP) is 0.792. The Balaban J connectivity index is 2.00. The summed E-state index contributed by atoms with van der Waals surface area (Å²) >= 11 is 0. The van der Waals surface area contributed by atoms with Crippen molar-refractivity contribution in [1.29, 1.82) is 0 Å². The average Bonchev–Trinajstić information content (AvgIpc) is 2.89. The van der Waals surface area contributed by atoms with Gasteiger partial charge in [-0.3, -0.25) is 9.59 Å². The molecule has 6 heteroatoms. The molecule has 2 atom stereocenters. The van der Waals surface area contributed by atoms with Crippen molar-refractivity contribution in [3.8, 4) is 5.75 Å². The summed E-state index contributed by atoms with van der Waals surface area (Å²) in [7, 11) is 5.49. The van der Waals surface area contributed by atoms with Crippen LogP contribution in [-0.4, -0.2) is 61.4 Å². The van der Waals surface area contributed by atoms with Crippen molar-refractivity contribution in [3.05, 3.63) is 23.8 Å². The number of nitrogens with zero attached hydrogens (tertiary/aromatic N) is 2. The van der Waals surface area contributed by atoms with Crippen molar-refractivity contribution in [2.24, 2.45) is 0 Å². The minimum atomic E-state index is -0.400.